The van der Waals surface area contributed by atoms with Gasteiger partial charge in [-0.2, -0.15) is 0 Å². The molecule has 1 N–H and O–H groups in total. The minimum absolute atomic E-state index is 0.0810. The normalized spacial score (nSPS) is 42.5. The molecule has 68 heavy (non-hydrogen) atoms. The van der Waals surface area contributed by atoms with Crippen LogP contribution in [0, 0.1) is 74.9 Å². The van der Waals surface area contributed by atoms with Crippen molar-refractivity contribution in [3.05, 3.63) is 0 Å². The first-order valence-corrected chi connectivity index (χ1v) is 27.8. The van der Waals surface area contributed by atoms with Crippen LogP contribution in [-0.4, -0.2) is 69.6 Å². The van der Waals surface area contributed by atoms with Gasteiger partial charge in [0.1, 0.15) is 29.0 Å². The molecule has 1 heterocycles. The maximum Gasteiger partial charge on any atom is 0.312 e. The van der Waals surface area contributed by atoms with Gasteiger partial charge in [-0.1, -0.05) is 13.8 Å². The number of fused-ring (bicyclic) bond motifs is 1. The second kappa shape index (κ2) is 17.0. The van der Waals surface area contributed by atoms with Crippen LogP contribution in [0.4, 0.5) is 0 Å². The van der Waals surface area contributed by atoms with Crippen LogP contribution in [0.25, 0.3) is 0 Å². The number of ether oxygens (including phenoxy) is 5. The van der Waals surface area contributed by atoms with Crippen molar-refractivity contribution in [2.45, 2.75) is 251 Å². The molecular formula is C57H86O11. The van der Waals surface area contributed by atoms with Gasteiger partial charge < -0.3 is 28.8 Å². The van der Waals surface area contributed by atoms with E-state index in [1.54, 1.807) is 0 Å². The zero-order valence-corrected chi connectivity index (χ0v) is 43.1. The minimum Gasteiger partial charge on any atom is -0.459 e. The Hall–Kier alpha value is -2.69. The molecule has 0 aromatic heterocycles. The molecule has 12 fully saturated rings. The van der Waals surface area contributed by atoms with Gasteiger partial charge in [-0.25, -0.2) is 0 Å². The summed E-state index contributed by atoms with van der Waals surface area (Å²) >= 11 is 0. The fourth-order valence-electron chi connectivity index (χ4n) is 17.3. The number of aliphatic hydroxyl groups is 1. The van der Waals surface area contributed by atoms with Gasteiger partial charge in [-0.15, -0.1) is 0 Å². The highest BCUT2D eigenvalue weighted by Crippen LogP contribution is 2.62. The molecule has 12 aliphatic rings. The molecule has 10 unspecified atom stereocenters. The Morgan fingerprint density at radius 3 is 1.75 bits per heavy atom. The topological polar surface area (TPSA) is 152 Å². The smallest absolute Gasteiger partial charge is 0.312 e. The number of hydrogen-bond acceptors (Lipinski definition) is 11. The lowest BCUT2D eigenvalue weighted by molar-refractivity contribution is -0.227. The number of carbonyl (C=O) groups is 5. The first kappa shape index (κ1) is 48.9. The van der Waals surface area contributed by atoms with Crippen molar-refractivity contribution in [1.82, 2.24) is 0 Å². The molecule has 10 atom stereocenters. The summed E-state index contributed by atoms with van der Waals surface area (Å²) in [6, 6.07) is 0. The predicted molar refractivity (Wildman–Crippen MR) is 253 cm³/mol. The van der Waals surface area contributed by atoms with E-state index in [0.29, 0.717) is 81.5 Å². The molecular weight excluding hydrogens is 861 g/mol. The summed E-state index contributed by atoms with van der Waals surface area (Å²) in [5.74, 6) is 1.79. The number of rotatable bonds is 19. The second-order valence-electron chi connectivity index (χ2n) is 27.5. The molecule has 1 aliphatic heterocycles. The average Bonchev–Trinajstić information content (AvgIpc) is 4.05. The zero-order valence-electron chi connectivity index (χ0n) is 43.1. The molecule has 11 saturated carbocycles. The first-order chi connectivity index (χ1) is 31.9. The van der Waals surface area contributed by atoms with Gasteiger partial charge in [0.2, 0.25) is 0 Å². The summed E-state index contributed by atoms with van der Waals surface area (Å²) in [5.41, 5.74) is -6.50. The molecule has 0 aromatic rings. The highest BCUT2D eigenvalue weighted by Gasteiger charge is 2.65. The molecule has 11 aliphatic carbocycles. The van der Waals surface area contributed by atoms with Gasteiger partial charge in [-0.05, 0) is 231 Å². The Kier molecular flexibility index (Phi) is 12.2. The van der Waals surface area contributed by atoms with Crippen molar-refractivity contribution >= 4 is 29.8 Å². The largest absolute Gasteiger partial charge is 0.459 e. The van der Waals surface area contributed by atoms with Crippen molar-refractivity contribution < 1.29 is 52.8 Å². The van der Waals surface area contributed by atoms with Crippen molar-refractivity contribution in [3.63, 3.8) is 0 Å². The Balaban J connectivity index is 0.891. The van der Waals surface area contributed by atoms with Gasteiger partial charge in [0.05, 0.1) is 33.2 Å². The van der Waals surface area contributed by atoms with E-state index < -0.39 is 50.2 Å². The third-order valence-electron chi connectivity index (χ3n) is 22.1. The highest BCUT2D eigenvalue weighted by atomic mass is 16.6. The standard InChI is InChI=1S/C57H86O11/c1-9-51(5,47(60)65-43-38-27-41-42(28-38)45(58)64-44(41)43)17-18-53(7,49(62)68-57-31-36-22-37(32-57)30-55(63,29-36)33-57)20-19-52(6,48(61)67-56(10-2)13-11-12-14-56)16-15-50(3,4)46(59)66-54(8)39-23-34-21-35(25-39)26-40(54)24-34/h34-44,63H,9-33H2,1-8H3. The van der Waals surface area contributed by atoms with E-state index in [1.807, 2.05) is 41.5 Å². The monoisotopic (exact) mass is 947 g/mol. The van der Waals surface area contributed by atoms with Crippen molar-refractivity contribution in [1.29, 1.82) is 0 Å². The lowest BCUT2D eigenvalue weighted by atomic mass is 9.50. The molecule has 10 bridgehead atoms. The fourth-order valence-corrected chi connectivity index (χ4v) is 17.3. The molecule has 0 aromatic carbocycles. The SMILES string of the molecule is CCC1(OC(=O)C(C)(CCC(C)(C)C(=O)OC2(C)C3CC4CC(C3)CC2C4)CCC(C)(CCC(C)(CC)C(=O)OC2C3CC4C(=O)OC2C4C3)C(=O)OC23CC4CC(CC(O)(C4)C2)C3)CCCC1. The first-order valence-electron chi connectivity index (χ1n) is 27.8. The van der Waals surface area contributed by atoms with Crippen LogP contribution in [-0.2, 0) is 47.7 Å². The number of carbonyl (C=O) groups excluding carboxylic acids is 5. The fraction of sp³-hybridized carbons (Fsp3) is 0.912. The van der Waals surface area contributed by atoms with Crippen LogP contribution in [0.2, 0.25) is 0 Å². The van der Waals surface area contributed by atoms with Crippen LogP contribution >= 0.6 is 0 Å². The summed E-state index contributed by atoms with van der Waals surface area (Å²) in [6.07, 6.45) is 18.1. The molecule has 1 saturated heterocycles. The number of hydrogen-bond donors (Lipinski definition) is 1. The second-order valence-corrected chi connectivity index (χ2v) is 27.5. The van der Waals surface area contributed by atoms with Gasteiger partial charge in [0, 0.05) is 18.3 Å². The van der Waals surface area contributed by atoms with Gasteiger partial charge >= 0.3 is 29.8 Å². The zero-order chi connectivity index (χ0) is 48.5. The van der Waals surface area contributed by atoms with Crippen LogP contribution in [0.1, 0.15) is 216 Å². The molecule has 0 amide bonds. The summed E-state index contributed by atoms with van der Waals surface area (Å²) < 4.78 is 32.3. The van der Waals surface area contributed by atoms with Crippen molar-refractivity contribution in [2.24, 2.45) is 74.9 Å². The molecule has 0 radical (unpaired) electrons. The van der Waals surface area contributed by atoms with E-state index in [1.165, 1.54) is 6.42 Å². The minimum atomic E-state index is -1.11. The molecule has 11 heteroatoms. The highest BCUT2D eigenvalue weighted by molar-refractivity contribution is 5.81. The summed E-state index contributed by atoms with van der Waals surface area (Å²) in [4.78, 5) is 71.7. The lowest BCUT2D eigenvalue weighted by Crippen LogP contribution is -2.61. The van der Waals surface area contributed by atoms with Crippen LogP contribution in [0.15, 0.2) is 0 Å². The van der Waals surface area contributed by atoms with E-state index in [4.69, 9.17) is 23.7 Å². The van der Waals surface area contributed by atoms with E-state index in [2.05, 4.69) is 13.8 Å². The van der Waals surface area contributed by atoms with E-state index in [9.17, 15) is 24.3 Å². The van der Waals surface area contributed by atoms with E-state index in [-0.39, 0.29) is 53.7 Å². The van der Waals surface area contributed by atoms with Crippen LogP contribution in [0.5, 0.6) is 0 Å². The van der Waals surface area contributed by atoms with E-state index in [0.717, 1.165) is 108 Å². The van der Waals surface area contributed by atoms with E-state index >= 15 is 4.79 Å². The molecule has 0 spiro atoms. The average molecular weight is 947 g/mol. The third kappa shape index (κ3) is 8.47. The van der Waals surface area contributed by atoms with Gasteiger partial charge in [-0.3, -0.25) is 24.0 Å². The van der Waals surface area contributed by atoms with Crippen LogP contribution < -0.4 is 0 Å². The summed E-state index contributed by atoms with van der Waals surface area (Å²) in [5, 5.41) is 11.7. The Labute approximate surface area is 406 Å². The Bertz CT molecular complexity index is 1970. The molecule has 12 rings (SSSR count). The third-order valence-corrected chi connectivity index (χ3v) is 22.1. The van der Waals surface area contributed by atoms with Crippen molar-refractivity contribution in [3.8, 4) is 0 Å². The maximum atomic E-state index is 15.3. The molecule has 11 nitrogen and oxygen atoms in total. The summed E-state index contributed by atoms with van der Waals surface area (Å²) in [7, 11) is 0. The quantitative estimate of drug-likeness (QED) is 0.0973. The van der Waals surface area contributed by atoms with Gasteiger partial charge in [0.25, 0.3) is 0 Å². The van der Waals surface area contributed by atoms with Crippen molar-refractivity contribution in [2.75, 3.05) is 0 Å². The lowest BCUT2D eigenvalue weighted by Gasteiger charge is -2.59. The maximum absolute atomic E-state index is 15.3. The molecule has 380 valence electrons. The summed E-state index contributed by atoms with van der Waals surface area (Å²) in [6.45, 7) is 16.0. The Morgan fingerprint density at radius 1 is 0.647 bits per heavy atom. The van der Waals surface area contributed by atoms with Crippen LogP contribution in [0.3, 0.4) is 0 Å². The Morgan fingerprint density at radius 2 is 1.19 bits per heavy atom. The van der Waals surface area contributed by atoms with Gasteiger partial charge in [0.15, 0.2) is 0 Å². The number of esters is 5. The predicted octanol–water partition coefficient (Wildman–Crippen LogP) is 10.9.